The van der Waals surface area contributed by atoms with Crippen molar-refractivity contribution in [3.05, 3.63) is 83.4 Å². The van der Waals surface area contributed by atoms with Gasteiger partial charge in [0.2, 0.25) is 11.7 Å². The van der Waals surface area contributed by atoms with Gasteiger partial charge < -0.3 is 9.88 Å². The van der Waals surface area contributed by atoms with Crippen LogP contribution in [0.4, 0.5) is 18.9 Å². The van der Waals surface area contributed by atoms with Crippen molar-refractivity contribution in [2.45, 2.75) is 12.6 Å². The fraction of sp³-hybridized carbons (Fsp3) is 0.150. The number of carbonyl (C=O) groups excluding carboxylic acids is 2. The molecule has 1 aromatic heterocycles. The van der Waals surface area contributed by atoms with Crippen LogP contribution in [0.3, 0.4) is 0 Å². The number of hydrogen-bond donors (Lipinski definition) is 1. The number of carbonyl (C=O) groups is 2. The van der Waals surface area contributed by atoms with E-state index in [0.29, 0.717) is 17.1 Å². The van der Waals surface area contributed by atoms with Crippen molar-refractivity contribution in [3.8, 4) is 0 Å². The average Bonchev–Trinajstić information content (AvgIpc) is 3.07. The number of ketones is 1. The van der Waals surface area contributed by atoms with Gasteiger partial charge >= 0.3 is 6.18 Å². The average molecular weight is 387 g/mol. The number of alkyl halides is 3. The number of hydrogen-bond acceptors (Lipinski definition) is 3. The number of rotatable bonds is 5. The molecule has 0 aliphatic carbocycles. The van der Waals surface area contributed by atoms with Crippen LogP contribution < -0.4 is 5.32 Å². The molecule has 0 unspecified atom stereocenters. The monoisotopic (exact) mass is 387 g/mol. The van der Waals surface area contributed by atoms with Gasteiger partial charge in [-0.15, -0.1) is 0 Å². The zero-order chi connectivity index (χ0) is 20.3. The van der Waals surface area contributed by atoms with Crippen molar-refractivity contribution in [1.82, 2.24) is 9.55 Å². The van der Waals surface area contributed by atoms with Crippen LogP contribution in [0.15, 0.2) is 60.9 Å². The van der Waals surface area contributed by atoms with Crippen LogP contribution in [-0.4, -0.2) is 21.2 Å². The second kappa shape index (κ2) is 7.67. The minimum absolute atomic E-state index is 0.197. The smallest absolute Gasteiger partial charge is 0.331 e. The van der Waals surface area contributed by atoms with E-state index in [9.17, 15) is 22.8 Å². The number of nitrogens with one attached hydrogen (secondary N) is 1. The van der Waals surface area contributed by atoms with Crippen LogP contribution in [0.2, 0.25) is 0 Å². The molecule has 0 aliphatic heterocycles. The Hall–Kier alpha value is -3.42. The molecule has 0 saturated heterocycles. The molecule has 1 N–H and O–H groups in total. The zero-order valence-corrected chi connectivity index (χ0v) is 14.8. The largest absolute Gasteiger partial charge is 0.416 e. The number of amides is 1. The Morgan fingerprint density at radius 2 is 1.82 bits per heavy atom. The van der Waals surface area contributed by atoms with Gasteiger partial charge in [-0.3, -0.25) is 9.59 Å². The quantitative estimate of drug-likeness (QED) is 0.677. The molecule has 0 fully saturated rings. The van der Waals surface area contributed by atoms with E-state index in [2.05, 4.69) is 10.3 Å². The van der Waals surface area contributed by atoms with E-state index >= 15 is 0 Å². The summed E-state index contributed by atoms with van der Waals surface area (Å²) in [5.41, 5.74) is 0.308. The molecular formula is C20H16F3N3O2. The van der Waals surface area contributed by atoms with Crippen LogP contribution in [0.5, 0.6) is 0 Å². The molecule has 0 spiro atoms. The molecule has 3 aromatic rings. The molecule has 0 radical (unpaired) electrons. The third-order valence-corrected chi connectivity index (χ3v) is 4.07. The number of aryl methyl sites for hydroxylation is 1. The van der Waals surface area contributed by atoms with E-state index < -0.39 is 17.6 Å². The van der Waals surface area contributed by atoms with Gasteiger partial charge in [0.1, 0.15) is 0 Å². The van der Waals surface area contributed by atoms with E-state index in [-0.39, 0.29) is 17.8 Å². The first-order chi connectivity index (χ1) is 13.2. The highest BCUT2D eigenvalue weighted by atomic mass is 19.4. The fourth-order valence-electron chi connectivity index (χ4n) is 2.67. The molecule has 0 aliphatic rings. The predicted octanol–water partition coefficient (Wildman–Crippen LogP) is 3.85. The third kappa shape index (κ3) is 4.46. The summed E-state index contributed by atoms with van der Waals surface area (Å²) < 4.78 is 39.8. The topological polar surface area (TPSA) is 64.0 Å². The number of nitrogens with zero attached hydrogens (tertiary/aromatic N) is 2. The van der Waals surface area contributed by atoms with E-state index in [4.69, 9.17) is 0 Å². The van der Waals surface area contributed by atoms with Crippen molar-refractivity contribution < 1.29 is 22.8 Å². The molecule has 2 aromatic carbocycles. The Kier molecular flexibility index (Phi) is 5.30. The predicted molar refractivity (Wildman–Crippen MR) is 96.9 cm³/mol. The molecule has 0 atom stereocenters. The van der Waals surface area contributed by atoms with Gasteiger partial charge in [0.15, 0.2) is 5.82 Å². The van der Waals surface area contributed by atoms with Crippen molar-refractivity contribution in [3.63, 3.8) is 0 Å². The Bertz CT molecular complexity index is 1010. The van der Waals surface area contributed by atoms with Crippen LogP contribution in [0.25, 0.3) is 0 Å². The Morgan fingerprint density at radius 3 is 2.43 bits per heavy atom. The van der Waals surface area contributed by atoms with Crippen molar-refractivity contribution in [1.29, 1.82) is 0 Å². The van der Waals surface area contributed by atoms with Crippen LogP contribution in [-0.2, 0) is 24.4 Å². The summed E-state index contributed by atoms with van der Waals surface area (Å²) in [6.07, 6.45) is -1.47. The van der Waals surface area contributed by atoms with E-state index in [0.717, 1.165) is 12.1 Å². The normalized spacial score (nSPS) is 11.3. The van der Waals surface area contributed by atoms with Gasteiger partial charge in [-0.25, -0.2) is 4.98 Å². The minimum atomic E-state index is -4.46. The second-order valence-electron chi connectivity index (χ2n) is 6.19. The van der Waals surface area contributed by atoms with Gasteiger partial charge in [0, 0.05) is 30.7 Å². The molecule has 1 amide bonds. The minimum Gasteiger partial charge on any atom is -0.331 e. The van der Waals surface area contributed by atoms with E-state index in [1.54, 1.807) is 42.1 Å². The summed E-state index contributed by atoms with van der Waals surface area (Å²) in [6, 6.07) is 10.9. The van der Waals surface area contributed by atoms with Gasteiger partial charge in [0.25, 0.3) is 0 Å². The first-order valence-corrected chi connectivity index (χ1v) is 8.32. The maximum atomic E-state index is 12.7. The van der Waals surface area contributed by atoms with Crippen molar-refractivity contribution in [2.75, 3.05) is 5.32 Å². The van der Waals surface area contributed by atoms with Crippen molar-refractivity contribution in [2.24, 2.45) is 7.05 Å². The van der Waals surface area contributed by atoms with Gasteiger partial charge in [0.05, 0.1) is 12.0 Å². The van der Waals surface area contributed by atoms with Crippen LogP contribution in [0.1, 0.15) is 27.3 Å². The highest BCUT2D eigenvalue weighted by Gasteiger charge is 2.30. The number of benzene rings is 2. The van der Waals surface area contributed by atoms with E-state index in [1.807, 2.05) is 0 Å². The highest BCUT2D eigenvalue weighted by Crippen LogP contribution is 2.29. The fourth-order valence-corrected chi connectivity index (χ4v) is 2.67. The first kappa shape index (κ1) is 19.3. The molecular weight excluding hydrogens is 371 g/mol. The summed E-state index contributed by atoms with van der Waals surface area (Å²) in [6.45, 7) is 0. The van der Waals surface area contributed by atoms with Gasteiger partial charge in [-0.2, -0.15) is 13.2 Å². The van der Waals surface area contributed by atoms with E-state index in [1.165, 1.54) is 18.3 Å². The first-order valence-electron chi connectivity index (χ1n) is 8.32. The lowest BCUT2D eigenvalue weighted by Gasteiger charge is -2.09. The Balaban J connectivity index is 1.65. The Morgan fingerprint density at radius 1 is 1.11 bits per heavy atom. The van der Waals surface area contributed by atoms with Crippen molar-refractivity contribution >= 4 is 17.4 Å². The summed E-state index contributed by atoms with van der Waals surface area (Å²) in [5, 5.41) is 2.61. The molecule has 28 heavy (non-hydrogen) atoms. The van der Waals surface area contributed by atoms with Gasteiger partial charge in [-0.1, -0.05) is 18.2 Å². The molecule has 144 valence electrons. The third-order valence-electron chi connectivity index (χ3n) is 4.07. The lowest BCUT2D eigenvalue weighted by Crippen LogP contribution is -2.15. The molecule has 8 heteroatoms. The highest BCUT2D eigenvalue weighted by molar-refractivity contribution is 6.07. The number of imidazole rings is 1. The molecule has 0 saturated carbocycles. The maximum absolute atomic E-state index is 12.7. The second-order valence-corrected chi connectivity index (χ2v) is 6.19. The standard InChI is InChI=1S/C20H16F3N3O2/c1-26-10-9-24-19(26)18(28)14-5-7-16(8-6-14)25-17(27)12-13-3-2-4-15(11-13)20(21,22)23/h2-11H,12H2,1H3,(H,25,27). The Labute approximate surface area is 158 Å². The summed E-state index contributed by atoms with van der Waals surface area (Å²) in [5.74, 6) is -0.418. The molecule has 0 bridgehead atoms. The lowest BCUT2D eigenvalue weighted by atomic mass is 10.1. The van der Waals surface area contributed by atoms with Gasteiger partial charge in [-0.05, 0) is 35.9 Å². The van der Waals surface area contributed by atoms with Crippen LogP contribution in [0, 0.1) is 0 Å². The maximum Gasteiger partial charge on any atom is 0.416 e. The number of halogens is 3. The summed E-state index contributed by atoms with van der Waals surface area (Å²) >= 11 is 0. The van der Waals surface area contributed by atoms with Crippen LogP contribution >= 0.6 is 0 Å². The molecule has 1 heterocycles. The zero-order valence-electron chi connectivity index (χ0n) is 14.8. The number of aromatic nitrogens is 2. The summed E-state index contributed by atoms with van der Waals surface area (Å²) in [4.78, 5) is 28.5. The lowest BCUT2D eigenvalue weighted by molar-refractivity contribution is -0.137. The molecule has 3 rings (SSSR count). The summed E-state index contributed by atoms with van der Waals surface area (Å²) in [7, 11) is 1.71. The molecule has 5 nitrogen and oxygen atoms in total. The number of anilines is 1. The SMILES string of the molecule is Cn1ccnc1C(=O)c1ccc(NC(=O)Cc2cccc(C(F)(F)F)c2)cc1.